The molecule has 1 aromatic heterocycles. The van der Waals surface area contributed by atoms with Crippen LogP contribution in [0.15, 0.2) is 17.6 Å². The summed E-state index contributed by atoms with van der Waals surface area (Å²) in [5.74, 6) is 0. The molecular formula is C5H5N3O2S. The van der Waals surface area contributed by atoms with Gasteiger partial charge < -0.3 is 0 Å². The first-order chi connectivity index (χ1) is 5.24. The van der Waals surface area contributed by atoms with E-state index in [2.05, 4.69) is 9.97 Å². The number of nitrogens with zero attached hydrogens (tertiary/aromatic N) is 3. The molecule has 0 aliphatic carbocycles. The van der Waals surface area contributed by atoms with Crippen LogP contribution >= 0.6 is 11.8 Å². The molecule has 0 aliphatic heterocycles. The maximum Gasteiger partial charge on any atom is 0.305 e. The summed E-state index contributed by atoms with van der Waals surface area (Å²) in [6, 6.07) is 0. The van der Waals surface area contributed by atoms with Crippen molar-refractivity contribution in [3.05, 3.63) is 22.5 Å². The SMILES string of the molecule is CSc1ncc([N+](=O)[O-])cn1. The molecule has 0 saturated carbocycles. The molecule has 0 N–H and O–H groups in total. The van der Waals surface area contributed by atoms with E-state index in [1.54, 1.807) is 6.26 Å². The fraction of sp³-hybridized carbons (Fsp3) is 0.200. The highest BCUT2D eigenvalue weighted by Crippen LogP contribution is 2.11. The fourth-order valence-corrected chi connectivity index (χ4v) is 0.825. The van der Waals surface area contributed by atoms with Gasteiger partial charge in [0.05, 0.1) is 4.92 Å². The van der Waals surface area contributed by atoms with E-state index in [4.69, 9.17) is 0 Å². The highest BCUT2D eigenvalue weighted by atomic mass is 32.2. The van der Waals surface area contributed by atoms with E-state index in [0.29, 0.717) is 5.16 Å². The molecular weight excluding hydrogens is 166 g/mol. The van der Waals surface area contributed by atoms with Crippen molar-refractivity contribution in [1.29, 1.82) is 0 Å². The third kappa shape index (κ3) is 1.87. The topological polar surface area (TPSA) is 68.9 Å². The Morgan fingerprint density at radius 2 is 2.09 bits per heavy atom. The summed E-state index contributed by atoms with van der Waals surface area (Å²) >= 11 is 1.34. The molecule has 0 amide bonds. The lowest BCUT2D eigenvalue weighted by atomic mass is 10.6. The quantitative estimate of drug-likeness (QED) is 0.288. The van der Waals surface area contributed by atoms with E-state index >= 15 is 0 Å². The van der Waals surface area contributed by atoms with Gasteiger partial charge >= 0.3 is 5.69 Å². The first-order valence-corrected chi connectivity index (χ1v) is 3.97. The number of thioether (sulfide) groups is 1. The van der Waals surface area contributed by atoms with Crippen molar-refractivity contribution in [2.75, 3.05) is 6.26 Å². The van der Waals surface area contributed by atoms with Crippen LogP contribution in [-0.4, -0.2) is 21.1 Å². The third-order valence-corrected chi connectivity index (χ3v) is 1.58. The van der Waals surface area contributed by atoms with Crippen LogP contribution in [0.2, 0.25) is 0 Å². The highest BCUT2D eigenvalue weighted by molar-refractivity contribution is 7.98. The van der Waals surface area contributed by atoms with Crippen LogP contribution in [0.25, 0.3) is 0 Å². The number of nitro groups is 1. The van der Waals surface area contributed by atoms with Gasteiger partial charge in [-0.3, -0.25) is 10.1 Å². The smallest absolute Gasteiger partial charge is 0.258 e. The number of aromatic nitrogens is 2. The number of hydrogen-bond acceptors (Lipinski definition) is 5. The third-order valence-electron chi connectivity index (χ3n) is 1.01. The molecule has 0 saturated heterocycles. The fourth-order valence-electron chi connectivity index (χ4n) is 0.509. The van der Waals surface area contributed by atoms with Crippen molar-refractivity contribution in [3.8, 4) is 0 Å². The van der Waals surface area contributed by atoms with E-state index < -0.39 is 4.92 Å². The lowest BCUT2D eigenvalue weighted by Gasteiger charge is -1.91. The molecule has 1 rings (SSSR count). The molecule has 0 fully saturated rings. The Kier molecular flexibility index (Phi) is 2.37. The molecule has 1 aromatic rings. The Balaban J connectivity index is 2.91. The Morgan fingerprint density at radius 1 is 1.55 bits per heavy atom. The molecule has 0 bridgehead atoms. The van der Waals surface area contributed by atoms with E-state index in [1.807, 2.05) is 0 Å². The molecule has 11 heavy (non-hydrogen) atoms. The maximum absolute atomic E-state index is 10.1. The second-order valence-corrected chi connectivity index (χ2v) is 2.46. The Labute approximate surface area is 67.0 Å². The minimum absolute atomic E-state index is 0.0807. The van der Waals surface area contributed by atoms with E-state index in [1.165, 1.54) is 24.2 Å². The summed E-state index contributed by atoms with van der Waals surface area (Å²) in [4.78, 5) is 17.1. The molecule has 0 atom stereocenters. The lowest BCUT2D eigenvalue weighted by molar-refractivity contribution is -0.385. The summed E-state index contributed by atoms with van der Waals surface area (Å²) in [6.45, 7) is 0. The Hall–Kier alpha value is -1.17. The van der Waals surface area contributed by atoms with Crippen LogP contribution in [-0.2, 0) is 0 Å². The van der Waals surface area contributed by atoms with Gasteiger partial charge in [-0.25, -0.2) is 9.97 Å². The average Bonchev–Trinajstić information content (AvgIpc) is 2.05. The van der Waals surface area contributed by atoms with Gasteiger partial charge in [0, 0.05) is 0 Å². The molecule has 0 radical (unpaired) electrons. The van der Waals surface area contributed by atoms with Gasteiger partial charge in [0.2, 0.25) is 0 Å². The minimum Gasteiger partial charge on any atom is -0.258 e. The molecule has 1 heterocycles. The van der Waals surface area contributed by atoms with E-state index in [0.717, 1.165) is 0 Å². The van der Waals surface area contributed by atoms with Gasteiger partial charge in [-0.2, -0.15) is 0 Å². The van der Waals surface area contributed by atoms with Gasteiger partial charge in [-0.1, -0.05) is 11.8 Å². The largest absolute Gasteiger partial charge is 0.305 e. The normalized spacial score (nSPS) is 9.55. The molecule has 0 aromatic carbocycles. The Bertz CT molecular complexity index is 261. The minimum atomic E-state index is -0.524. The summed E-state index contributed by atoms with van der Waals surface area (Å²) in [7, 11) is 0. The van der Waals surface area contributed by atoms with Gasteiger partial charge in [0.25, 0.3) is 0 Å². The van der Waals surface area contributed by atoms with Crippen molar-refractivity contribution >= 4 is 17.4 Å². The summed E-state index contributed by atoms with van der Waals surface area (Å²) < 4.78 is 0. The van der Waals surface area contributed by atoms with E-state index in [9.17, 15) is 10.1 Å². The van der Waals surface area contributed by atoms with Gasteiger partial charge in [-0.15, -0.1) is 0 Å². The van der Waals surface area contributed by atoms with Gasteiger partial charge in [0.15, 0.2) is 5.16 Å². The summed E-state index contributed by atoms with van der Waals surface area (Å²) in [5, 5.41) is 10.7. The van der Waals surface area contributed by atoms with E-state index in [-0.39, 0.29) is 5.69 Å². The van der Waals surface area contributed by atoms with Crippen LogP contribution in [0.4, 0.5) is 5.69 Å². The first kappa shape index (κ1) is 7.93. The highest BCUT2D eigenvalue weighted by Gasteiger charge is 2.04. The standard InChI is InChI=1S/C5H5N3O2S/c1-11-5-6-2-4(3-7-5)8(9)10/h2-3H,1H3. The molecule has 0 spiro atoms. The predicted octanol–water partition coefficient (Wildman–Crippen LogP) is 1.11. The van der Waals surface area contributed by atoms with Crippen LogP contribution in [0.3, 0.4) is 0 Å². The summed E-state index contributed by atoms with van der Waals surface area (Å²) in [5.41, 5.74) is -0.0807. The zero-order chi connectivity index (χ0) is 8.27. The van der Waals surface area contributed by atoms with Crippen LogP contribution in [0.5, 0.6) is 0 Å². The van der Waals surface area contributed by atoms with Gasteiger partial charge in [0.1, 0.15) is 12.4 Å². The van der Waals surface area contributed by atoms with Crippen LogP contribution in [0.1, 0.15) is 0 Å². The van der Waals surface area contributed by atoms with Crippen molar-refractivity contribution in [1.82, 2.24) is 9.97 Å². The van der Waals surface area contributed by atoms with Crippen LogP contribution in [0, 0.1) is 10.1 Å². The average molecular weight is 171 g/mol. The summed E-state index contributed by atoms with van der Waals surface area (Å²) in [6.07, 6.45) is 4.19. The number of rotatable bonds is 2. The molecule has 0 unspecified atom stereocenters. The zero-order valence-electron chi connectivity index (χ0n) is 5.72. The Morgan fingerprint density at radius 3 is 2.45 bits per heavy atom. The monoisotopic (exact) mass is 171 g/mol. The molecule has 58 valence electrons. The van der Waals surface area contributed by atoms with Crippen molar-refractivity contribution in [3.63, 3.8) is 0 Å². The second kappa shape index (κ2) is 3.29. The zero-order valence-corrected chi connectivity index (χ0v) is 6.54. The van der Waals surface area contributed by atoms with Crippen molar-refractivity contribution in [2.24, 2.45) is 0 Å². The van der Waals surface area contributed by atoms with Gasteiger partial charge in [-0.05, 0) is 6.26 Å². The lowest BCUT2D eigenvalue weighted by Crippen LogP contribution is -1.91. The molecule has 0 aliphatic rings. The predicted molar refractivity (Wildman–Crippen MR) is 40.5 cm³/mol. The van der Waals surface area contributed by atoms with Crippen LogP contribution < -0.4 is 0 Å². The molecule has 6 heteroatoms. The number of hydrogen-bond donors (Lipinski definition) is 0. The molecule has 5 nitrogen and oxygen atoms in total. The van der Waals surface area contributed by atoms with Crippen molar-refractivity contribution < 1.29 is 4.92 Å². The van der Waals surface area contributed by atoms with Crippen molar-refractivity contribution in [2.45, 2.75) is 5.16 Å². The maximum atomic E-state index is 10.1. The second-order valence-electron chi connectivity index (χ2n) is 1.69. The first-order valence-electron chi connectivity index (χ1n) is 2.74.